The summed E-state index contributed by atoms with van der Waals surface area (Å²) in [4.78, 5) is 5.88. The number of nitrogens with one attached hydrogen (secondary N) is 1. The highest BCUT2D eigenvalue weighted by molar-refractivity contribution is 7.11. The monoisotopic (exact) mass is 268 g/mol. The molecule has 3 nitrogen and oxygen atoms in total. The summed E-state index contributed by atoms with van der Waals surface area (Å²) in [5.41, 5.74) is 1.17. The van der Waals surface area contributed by atoms with Crippen molar-refractivity contribution in [1.29, 1.82) is 0 Å². The maximum atomic E-state index is 5.60. The number of hydrogen-bond donors (Lipinski definition) is 1. The average Bonchev–Trinajstić information content (AvgIpc) is 2.69. The van der Waals surface area contributed by atoms with E-state index < -0.39 is 0 Å². The van der Waals surface area contributed by atoms with Gasteiger partial charge in [0.1, 0.15) is 0 Å². The largest absolute Gasteiger partial charge is 0.380 e. The number of aryl methyl sites for hydroxylation is 2. The van der Waals surface area contributed by atoms with Crippen LogP contribution in [0.4, 0.5) is 0 Å². The van der Waals surface area contributed by atoms with Crippen molar-refractivity contribution in [2.75, 3.05) is 7.11 Å². The lowest BCUT2D eigenvalue weighted by atomic mass is 9.92. The number of rotatable bonds is 4. The molecule has 1 aromatic rings. The number of aromatic nitrogens is 1. The van der Waals surface area contributed by atoms with E-state index >= 15 is 0 Å². The Balaban J connectivity index is 2.01. The Bertz CT molecular complexity index is 391. The van der Waals surface area contributed by atoms with E-state index in [2.05, 4.69) is 31.1 Å². The SMILES string of the molecule is COC1CCCCC1NC(C)c1sc(C)nc1C. The van der Waals surface area contributed by atoms with Gasteiger partial charge in [-0.3, -0.25) is 0 Å². The topological polar surface area (TPSA) is 34.1 Å². The Hall–Kier alpha value is -0.450. The first kappa shape index (κ1) is 14.0. The van der Waals surface area contributed by atoms with Crippen LogP contribution in [0.2, 0.25) is 0 Å². The smallest absolute Gasteiger partial charge is 0.0900 e. The van der Waals surface area contributed by atoms with Crippen LogP contribution in [0, 0.1) is 13.8 Å². The van der Waals surface area contributed by atoms with E-state index in [1.54, 1.807) is 11.3 Å². The molecule has 0 radical (unpaired) electrons. The third-order valence-corrected chi connectivity index (χ3v) is 5.06. The predicted molar refractivity (Wildman–Crippen MR) is 76.2 cm³/mol. The molecule has 0 spiro atoms. The summed E-state index contributed by atoms with van der Waals surface area (Å²) in [6, 6.07) is 0.859. The molecule has 1 heterocycles. The third-order valence-electron chi connectivity index (χ3n) is 3.80. The standard InChI is InChI=1S/C14H24N2OS/c1-9-14(18-11(3)15-9)10(2)16-12-7-5-6-8-13(12)17-4/h10,12-13,16H,5-8H2,1-4H3. The van der Waals surface area contributed by atoms with Crippen molar-refractivity contribution in [1.82, 2.24) is 10.3 Å². The molecule has 1 aliphatic carbocycles. The van der Waals surface area contributed by atoms with Crippen LogP contribution >= 0.6 is 11.3 Å². The lowest BCUT2D eigenvalue weighted by Gasteiger charge is -2.33. The number of thiazole rings is 1. The van der Waals surface area contributed by atoms with Crippen molar-refractivity contribution in [3.63, 3.8) is 0 Å². The molecular weight excluding hydrogens is 244 g/mol. The van der Waals surface area contributed by atoms with Gasteiger partial charge < -0.3 is 10.1 Å². The molecule has 4 heteroatoms. The zero-order chi connectivity index (χ0) is 13.1. The maximum Gasteiger partial charge on any atom is 0.0900 e. The van der Waals surface area contributed by atoms with Crippen LogP contribution in [0.3, 0.4) is 0 Å². The molecular formula is C14H24N2OS. The Labute approximate surface area is 114 Å². The number of hydrogen-bond acceptors (Lipinski definition) is 4. The molecule has 1 N–H and O–H groups in total. The summed E-state index contributed by atoms with van der Waals surface area (Å²) < 4.78 is 5.60. The lowest BCUT2D eigenvalue weighted by molar-refractivity contribution is 0.0385. The van der Waals surface area contributed by atoms with Crippen LogP contribution in [0.25, 0.3) is 0 Å². The van der Waals surface area contributed by atoms with Gasteiger partial charge >= 0.3 is 0 Å². The van der Waals surface area contributed by atoms with E-state index in [0.29, 0.717) is 18.2 Å². The van der Waals surface area contributed by atoms with Crippen molar-refractivity contribution < 1.29 is 4.74 Å². The first-order valence-electron chi connectivity index (χ1n) is 6.84. The fraction of sp³-hybridized carbons (Fsp3) is 0.786. The molecule has 0 bridgehead atoms. The highest BCUT2D eigenvalue weighted by Crippen LogP contribution is 2.28. The van der Waals surface area contributed by atoms with Gasteiger partial charge in [-0.15, -0.1) is 11.3 Å². The van der Waals surface area contributed by atoms with E-state index in [9.17, 15) is 0 Å². The third kappa shape index (κ3) is 3.11. The molecule has 0 aliphatic heterocycles. The quantitative estimate of drug-likeness (QED) is 0.909. The molecule has 2 rings (SSSR count). The van der Waals surface area contributed by atoms with Crippen molar-refractivity contribution in [2.45, 2.75) is 64.6 Å². The van der Waals surface area contributed by atoms with Crippen LogP contribution in [0.1, 0.15) is 54.2 Å². The number of methoxy groups -OCH3 is 1. The summed E-state index contributed by atoms with van der Waals surface area (Å²) in [5.74, 6) is 0. The van der Waals surface area contributed by atoms with Crippen LogP contribution in [0.15, 0.2) is 0 Å². The zero-order valence-electron chi connectivity index (χ0n) is 11.8. The molecule has 0 aromatic carbocycles. The summed E-state index contributed by atoms with van der Waals surface area (Å²) >= 11 is 1.81. The Morgan fingerprint density at radius 3 is 2.67 bits per heavy atom. The molecule has 18 heavy (non-hydrogen) atoms. The second-order valence-electron chi connectivity index (χ2n) is 5.24. The van der Waals surface area contributed by atoms with E-state index in [0.717, 1.165) is 5.01 Å². The van der Waals surface area contributed by atoms with Gasteiger partial charge in [0.15, 0.2) is 0 Å². The van der Waals surface area contributed by atoms with Crippen LogP contribution in [-0.2, 0) is 4.74 Å². The van der Waals surface area contributed by atoms with Crippen LogP contribution in [-0.4, -0.2) is 24.2 Å². The van der Waals surface area contributed by atoms with Crippen molar-refractivity contribution in [3.8, 4) is 0 Å². The first-order valence-corrected chi connectivity index (χ1v) is 7.66. The molecule has 1 aliphatic rings. The van der Waals surface area contributed by atoms with E-state index in [1.165, 1.54) is 36.3 Å². The van der Waals surface area contributed by atoms with E-state index in [-0.39, 0.29) is 0 Å². The van der Waals surface area contributed by atoms with E-state index in [4.69, 9.17) is 4.74 Å². The Kier molecular flexibility index (Phi) is 4.76. The van der Waals surface area contributed by atoms with Gasteiger partial charge in [-0.1, -0.05) is 12.8 Å². The molecule has 1 saturated carbocycles. The van der Waals surface area contributed by atoms with E-state index in [1.807, 2.05) is 7.11 Å². The second kappa shape index (κ2) is 6.13. The van der Waals surface area contributed by atoms with Gasteiger partial charge in [0.25, 0.3) is 0 Å². The van der Waals surface area contributed by atoms with Crippen molar-refractivity contribution >= 4 is 11.3 Å². The van der Waals surface area contributed by atoms with Gasteiger partial charge in [0.2, 0.25) is 0 Å². The fourth-order valence-electron chi connectivity index (χ4n) is 2.92. The molecule has 3 unspecified atom stereocenters. The average molecular weight is 268 g/mol. The number of nitrogens with zero attached hydrogens (tertiary/aromatic N) is 1. The normalized spacial score (nSPS) is 26.2. The molecule has 3 atom stereocenters. The lowest BCUT2D eigenvalue weighted by Crippen LogP contribution is -2.44. The predicted octanol–water partition coefficient (Wildman–Crippen LogP) is 3.37. The summed E-state index contributed by atoms with van der Waals surface area (Å²) in [7, 11) is 1.83. The fourth-order valence-corrected chi connectivity index (χ4v) is 3.85. The molecule has 0 saturated heterocycles. The first-order chi connectivity index (χ1) is 8.61. The molecule has 102 valence electrons. The summed E-state index contributed by atoms with van der Waals surface area (Å²) in [6.07, 6.45) is 5.38. The van der Waals surface area contributed by atoms with Gasteiger partial charge in [-0.2, -0.15) is 0 Å². The number of ether oxygens (including phenoxy) is 1. The van der Waals surface area contributed by atoms with Crippen LogP contribution in [0.5, 0.6) is 0 Å². The second-order valence-corrected chi connectivity index (χ2v) is 6.47. The Morgan fingerprint density at radius 2 is 2.06 bits per heavy atom. The van der Waals surface area contributed by atoms with Crippen molar-refractivity contribution in [2.24, 2.45) is 0 Å². The zero-order valence-corrected chi connectivity index (χ0v) is 12.6. The highest BCUT2D eigenvalue weighted by atomic mass is 32.1. The molecule has 1 fully saturated rings. The maximum absolute atomic E-state index is 5.60. The highest BCUT2D eigenvalue weighted by Gasteiger charge is 2.27. The van der Waals surface area contributed by atoms with Gasteiger partial charge in [0, 0.05) is 24.1 Å². The van der Waals surface area contributed by atoms with Crippen molar-refractivity contribution in [3.05, 3.63) is 15.6 Å². The Morgan fingerprint density at radius 1 is 1.33 bits per heavy atom. The molecule has 0 amide bonds. The minimum Gasteiger partial charge on any atom is -0.380 e. The summed E-state index contributed by atoms with van der Waals surface area (Å²) in [6.45, 7) is 6.42. The van der Waals surface area contributed by atoms with Gasteiger partial charge in [0.05, 0.1) is 16.8 Å². The minimum absolute atomic E-state index is 0.371. The van der Waals surface area contributed by atoms with Crippen LogP contribution < -0.4 is 5.32 Å². The van der Waals surface area contributed by atoms with Gasteiger partial charge in [-0.05, 0) is 33.6 Å². The summed E-state index contributed by atoms with van der Waals surface area (Å²) in [5, 5.41) is 4.89. The van der Waals surface area contributed by atoms with Gasteiger partial charge in [-0.25, -0.2) is 4.98 Å². The molecule has 1 aromatic heterocycles. The minimum atomic E-state index is 0.371.